The van der Waals surface area contributed by atoms with Gasteiger partial charge in [-0.3, -0.25) is 37.9 Å². The van der Waals surface area contributed by atoms with Crippen molar-refractivity contribution in [2.45, 2.75) is 168 Å². The van der Waals surface area contributed by atoms with Crippen LogP contribution in [0.25, 0.3) is 0 Å². The number of Topliss-reactive ketones (excluding diaryl/α,β-unsaturated/α-hetero) is 1. The number of hydrogen-bond acceptors (Lipinski definition) is 19. The van der Waals surface area contributed by atoms with Gasteiger partial charge in [-0.15, -0.1) is 0 Å². The zero-order chi connectivity index (χ0) is 85.1. The molecular weight excluding hydrogens is 1700 g/mol. The Balaban J connectivity index is 0.000000147. The Kier molecular flexibility index (Phi) is 24.6. The normalized spacial score (nSPS) is 25.2. The standard InChI is InChI=1S/C29H26Cl2F3N3O7S.C27H29Cl2N3O5S.C27H30ClFN2O5/c1-15-7-18(4-5-19(15)31)42-11-24(38)35-27-12-28(13-27,14-27)36-26(39)22-10-37(20-9-17(30)3-6-21(20)44-22)45(40,41)23-8-16(2)43-25(23)29(32,33)34;1-16-9-18(4-5-19(16)29)36-12-23(33)30-26-13-27(14-26,15-26)31-25(35)22-11-32(24(34)7-8-38-2)20-10-17(28)3-6-21(20)37-22;1-16-2-4-18(9-20(16)29)35-12-25(34)31-27-13-26(14-27,15-27)11-22(33)24-10-21(30-6-7-32)19-8-17(28)3-5-23(19)36-24/h3-9,22H,10-14H2,1-2H3,(H,35,38)(H,36,39);3-6,9-10,22H,7-8,11-15H2,1-2H3,(H,30,33)(H,31,35);2-5,8-9,21,24,30,32H,6-7,10-15H2,1H3,(H,31,34)/t;;21-,24-,26?,27?/m..1/s1. The Morgan fingerprint density at radius 2 is 1.03 bits per heavy atom. The van der Waals surface area contributed by atoms with Gasteiger partial charge >= 0.3 is 6.18 Å². The van der Waals surface area contributed by atoms with Crippen LogP contribution in [-0.4, -0.2) is 159 Å². The highest BCUT2D eigenvalue weighted by Crippen LogP contribution is 2.69. The molecule has 25 nitrogen and oxygen atoms in total. The van der Waals surface area contributed by atoms with Crippen LogP contribution in [0.15, 0.2) is 125 Å². The molecule has 3 aliphatic heterocycles. The predicted molar refractivity (Wildman–Crippen MR) is 436 cm³/mol. The first kappa shape index (κ1) is 86.5. The second-order valence-corrected chi connectivity index (χ2v) is 37.3. The number of hydrogen-bond donors (Lipinski definition) is 7. The third kappa shape index (κ3) is 18.8. The zero-order valence-electron chi connectivity index (χ0n) is 65.0. The monoisotopic (exact) mass is 1780 g/mol. The molecule has 4 atom stereocenters. The molecule has 9 saturated carbocycles. The molecular formula is C83H85Cl5F4N8O17S2. The van der Waals surface area contributed by atoms with Gasteiger partial charge in [-0.05, 0) is 211 Å². The minimum atomic E-state index is -5.09. The molecule has 6 aromatic carbocycles. The molecule has 6 amide bonds. The number of halogens is 9. The number of benzene rings is 6. The largest absolute Gasteiger partial charge is 0.484 e. The second-order valence-electron chi connectivity index (χ2n) is 32.4. The van der Waals surface area contributed by atoms with Gasteiger partial charge in [0.1, 0.15) is 51.0 Å². The molecule has 7 aromatic rings. The molecule has 634 valence electrons. The van der Waals surface area contributed by atoms with E-state index in [0.29, 0.717) is 134 Å². The lowest BCUT2D eigenvalue weighted by atomic mass is 9.38. The zero-order valence-corrected chi connectivity index (χ0v) is 70.4. The van der Waals surface area contributed by atoms with E-state index in [1.165, 1.54) is 31.2 Å². The molecule has 6 bridgehead atoms. The number of aliphatic hydroxyl groups excluding tert-OH is 1. The van der Waals surface area contributed by atoms with Gasteiger partial charge in [0.15, 0.2) is 43.9 Å². The number of nitrogens with zero attached hydrogens (tertiary/aromatic N) is 2. The lowest BCUT2D eigenvalue weighted by molar-refractivity contribution is -0.175. The number of carbonyl (C=O) groups excluding carboxylic acids is 7. The molecule has 2 unspecified atom stereocenters. The van der Waals surface area contributed by atoms with Crippen LogP contribution in [0.5, 0.6) is 34.5 Å². The van der Waals surface area contributed by atoms with E-state index in [0.717, 1.165) is 42.0 Å². The Morgan fingerprint density at radius 3 is 1.53 bits per heavy atom. The van der Waals surface area contributed by atoms with E-state index >= 15 is 0 Å². The van der Waals surface area contributed by atoms with Crippen molar-refractivity contribution in [2.75, 3.05) is 67.3 Å². The number of ether oxygens (including phenoxy) is 6. The highest BCUT2D eigenvalue weighted by molar-refractivity contribution is 7.98. The smallest absolute Gasteiger partial charge is 0.450 e. The number of anilines is 2. The van der Waals surface area contributed by atoms with Gasteiger partial charge in [0.2, 0.25) is 11.7 Å². The summed E-state index contributed by atoms with van der Waals surface area (Å²) < 4.78 is 122. The molecule has 0 radical (unpaired) electrons. The van der Waals surface area contributed by atoms with Gasteiger partial charge in [0.25, 0.3) is 39.6 Å². The molecule has 1 aromatic heterocycles. The van der Waals surface area contributed by atoms with Crippen molar-refractivity contribution < 1.29 is 97.5 Å². The average molecular weight is 1780 g/mol. The van der Waals surface area contributed by atoms with Crippen LogP contribution in [0.1, 0.15) is 117 Å². The molecule has 12 aliphatic rings. The third-order valence-corrected chi connectivity index (χ3v) is 26.8. The molecule has 19 rings (SSSR count). The van der Waals surface area contributed by atoms with Crippen LogP contribution in [0.2, 0.25) is 25.1 Å². The summed E-state index contributed by atoms with van der Waals surface area (Å²) >= 11 is 32.0. The maximum Gasteiger partial charge on any atom is 0.450 e. The van der Waals surface area contributed by atoms with Crippen molar-refractivity contribution in [3.63, 3.8) is 0 Å². The molecule has 7 N–H and O–H groups in total. The molecule has 0 spiro atoms. The van der Waals surface area contributed by atoms with E-state index in [1.807, 2.05) is 26.2 Å². The second kappa shape index (κ2) is 33.8. The fourth-order valence-electron chi connectivity index (χ4n) is 17.7. The number of nitrogens with one attached hydrogen (secondary N) is 6. The number of rotatable bonds is 27. The fourth-order valence-corrected chi connectivity index (χ4v) is 20.5. The van der Waals surface area contributed by atoms with Crippen molar-refractivity contribution in [3.8, 4) is 34.5 Å². The number of ketones is 1. The summed E-state index contributed by atoms with van der Waals surface area (Å²) in [5, 5.41) is 30.0. The molecule has 4 heterocycles. The number of aryl methyl sites for hydroxylation is 4. The topological polar surface area (TPSA) is 321 Å². The number of thioether (sulfide) groups is 1. The van der Waals surface area contributed by atoms with Gasteiger partial charge in [-0.1, -0.05) is 64.1 Å². The maximum atomic E-state index is 13.7. The highest BCUT2D eigenvalue weighted by Gasteiger charge is 2.71. The highest BCUT2D eigenvalue weighted by atomic mass is 35.5. The Morgan fingerprint density at radius 1 is 0.563 bits per heavy atom. The van der Waals surface area contributed by atoms with Crippen molar-refractivity contribution >= 4 is 132 Å². The molecule has 119 heavy (non-hydrogen) atoms. The quantitative estimate of drug-likeness (QED) is 0.0235. The summed E-state index contributed by atoms with van der Waals surface area (Å²) in [5.41, 5.74) is 1.35. The lowest BCUT2D eigenvalue weighted by Gasteiger charge is -2.70. The number of fused-ring (bicyclic) bond motifs is 3. The first-order valence-corrected chi connectivity index (χ1v) is 43.0. The van der Waals surface area contributed by atoms with Gasteiger partial charge in [0.05, 0.1) is 31.1 Å². The molecule has 9 aliphatic carbocycles. The first-order chi connectivity index (χ1) is 56.3. The number of carbonyl (C=O) groups is 7. The summed E-state index contributed by atoms with van der Waals surface area (Å²) in [4.78, 5) is 90.6. The van der Waals surface area contributed by atoms with Gasteiger partial charge < -0.3 is 74.7 Å². The maximum absolute atomic E-state index is 13.7. The van der Waals surface area contributed by atoms with E-state index in [2.05, 4.69) is 31.9 Å². The number of furan rings is 1. The SMILES string of the molecule is CSCCC(=O)N1CC(C(=O)NC23CC(NC(=O)COc4ccc(Cl)c(C)c4)(C2)C3)Oc2ccc(Cl)cc21.Cc1cc(S(=O)(=O)N2CC(C(=O)NC34CC(NC(=O)COc5ccc(Cl)c(C)c5)(C3)C4)Oc3ccc(Cl)cc32)c(C(F)(F)F)o1.Cc1ccc(OCC(=O)NC23CC(CC(=O)[C@H]4C[C@@H](NCCO)c5cc(Cl)ccc5O4)(C2)C3)cc1F. The first-order valence-electron chi connectivity index (χ1n) is 38.3. The number of aliphatic hydroxyl groups is 1. The average Bonchev–Trinajstić information content (AvgIpc) is 0.842. The Hall–Kier alpha value is -8.92. The molecule has 36 heteroatoms. The number of sulfonamides is 1. The lowest BCUT2D eigenvalue weighted by Crippen LogP contribution is -2.84. The summed E-state index contributed by atoms with van der Waals surface area (Å²) in [6.07, 6.45) is 0.776. The van der Waals surface area contributed by atoms with Crippen LogP contribution in [0.3, 0.4) is 0 Å². The van der Waals surface area contributed by atoms with Gasteiger partial charge in [-0.25, -0.2) is 12.8 Å². The summed E-state index contributed by atoms with van der Waals surface area (Å²) in [6, 6.07) is 29.9. The predicted octanol–water partition coefficient (Wildman–Crippen LogP) is 12.9. The molecule has 9 fully saturated rings. The van der Waals surface area contributed by atoms with Crippen LogP contribution >= 0.6 is 69.8 Å². The van der Waals surface area contributed by atoms with E-state index in [4.69, 9.17) is 90.8 Å². The van der Waals surface area contributed by atoms with Crippen LogP contribution in [0, 0.1) is 38.9 Å². The van der Waals surface area contributed by atoms with E-state index in [9.17, 15) is 64.6 Å². The minimum absolute atomic E-state index is 0.00424. The van der Waals surface area contributed by atoms with Gasteiger partial charge in [0, 0.05) is 108 Å². The van der Waals surface area contributed by atoms with Crippen LogP contribution < -0.4 is 69.5 Å². The van der Waals surface area contributed by atoms with E-state index < -0.39 is 68.7 Å². The van der Waals surface area contributed by atoms with Crippen LogP contribution in [0.4, 0.5) is 28.9 Å². The summed E-state index contributed by atoms with van der Waals surface area (Å²) in [7, 11) is -4.90. The number of amides is 6. The van der Waals surface area contributed by atoms with Gasteiger partial charge in [-0.2, -0.15) is 24.9 Å². The van der Waals surface area contributed by atoms with Crippen LogP contribution in [-0.2, 0) is 49.8 Å². The van der Waals surface area contributed by atoms with Crippen molar-refractivity contribution in [3.05, 3.63) is 180 Å². The van der Waals surface area contributed by atoms with E-state index in [1.54, 1.807) is 102 Å². The Bertz CT molecular complexity index is 5260. The van der Waals surface area contributed by atoms with Crippen molar-refractivity contribution in [2.24, 2.45) is 5.41 Å². The summed E-state index contributed by atoms with van der Waals surface area (Å²) in [5.74, 6) is -0.928. The fraction of sp³-hybridized carbons (Fsp3) is 0.434. The van der Waals surface area contributed by atoms with E-state index in [-0.39, 0.29) is 124 Å². The third-order valence-electron chi connectivity index (χ3n) is 22.9. The Labute approximate surface area is 712 Å². The molecule has 0 saturated heterocycles. The minimum Gasteiger partial charge on any atom is -0.484 e. The van der Waals surface area contributed by atoms with Crippen molar-refractivity contribution in [1.82, 2.24) is 31.9 Å². The number of alkyl halides is 3. The summed E-state index contributed by atoms with van der Waals surface area (Å²) in [6.45, 7) is 5.96. The van der Waals surface area contributed by atoms with Crippen molar-refractivity contribution in [1.29, 1.82) is 0 Å².